The minimum Gasteiger partial charge on any atom is -0.474 e. The van der Waals surface area contributed by atoms with Crippen LogP contribution in [0.1, 0.15) is 46.7 Å². The number of aromatic nitrogens is 1. The van der Waals surface area contributed by atoms with E-state index in [1.165, 1.54) is 6.08 Å². The molecule has 0 aliphatic heterocycles. The Morgan fingerprint density at radius 1 is 1.38 bits per heavy atom. The molecule has 7 nitrogen and oxygen atoms in total. The summed E-state index contributed by atoms with van der Waals surface area (Å²) >= 11 is 0. The van der Waals surface area contributed by atoms with E-state index in [-0.39, 0.29) is 17.2 Å². The quantitative estimate of drug-likeness (QED) is 0.0951. The molecule has 0 radical (unpaired) electrons. The van der Waals surface area contributed by atoms with Crippen LogP contribution in [0.15, 0.2) is 77.9 Å². The zero-order valence-electron chi connectivity index (χ0n) is 23.2. The Balaban J connectivity index is 2.93. The number of nitrogens with zero attached hydrogens (tertiary/aromatic N) is 3. The summed E-state index contributed by atoms with van der Waals surface area (Å²) in [4.78, 5) is 4.39. The lowest BCUT2D eigenvalue weighted by Crippen LogP contribution is -2.39. The smallest absolute Gasteiger partial charge is 0.180 e. The molecule has 1 rings (SSSR count). The van der Waals surface area contributed by atoms with Gasteiger partial charge in [0.2, 0.25) is 0 Å². The molecule has 1 atom stereocenters. The number of hydrogen-bond acceptors (Lipinski definition) is 7. The summed E-state index contributed by atoms with van der Waals surface area (Å²) in [7, 11) is 1.80. The van der Waals surface area contributed by atoms with E-state index >= 15 is 0 Å². The van der Waals surface area contributed by atoms with Crippen LogP contribution in [-0.2, 0) is 4.74 Å². The van der Waals surface area contributed by atoms with Gasteiger partial charge in [-0.25, -0.2) is 4.39 Å². The summed E-state index contributed by atoms with van der Waals surface area (Å²) in [6.07, 6.45) is 12.6. The topological polar surface area (TPSA) is 73.8 Å². The summed E-state index contributed by atoms with van der Waals surface area (Å²) < 4.78 is 20.7. The molecule has 37 heavy (non-hydrogen) atoms. The Labute approximate surface area is 222 Å². The van der Waals surface area contributed by atoms with Crippen molar-refractivity contribution in [3.63, 3.8) is 0 Å². The number of terminal acetylenes is 1. The molecule has 0 fully saturated rings. The minimum atomic E-state index is -0.489. The third-order valence-corrected chi connectivity index (χ3v) is 5.06. The Bertz CT molecular complexity index is 1100. The van der Waals surface area contributed by atoms with Gasteiger partial charge in [-0.15, -0.1) is 6.42 Å². The first kappa shape index (κ1) is 31.0. The van der Waals surface area contributed by atoms with Crippen LogP contribution in [-0.4, -0.2) is 36.4 Å². The maximum atomic E-state index is 15.0. The summed E-state index contributed by atoms with van der Waals surface area (Å²) in [5.41, 5.74) is 2.85. The van der Waals surface area contributed by atoms with Crippen molar-refractivity contribution in [1.82, 2.24) is 15.6 Å². The van der Waals surface area contributed by atoms with Crippen LogP contribution in [0.3, 0.4) is 0 Å². The second-order valence-corrected chi connectivity index (χ2v) is 9.40. The fraction of sp³-hybridized carbons (Fsp3) is 0.379. The SMILES string of the molecule is C#C/C(=C/C(F)=C(\C)NCC(CC)NC(=C)OC(C)(C)C)C(=C)Nc1cnc(C)c(N(C)/N=C\C=C)c1. The van der Waals surface area contributed by atoms with Crippen LogP contribution in [0.5, 0.6) is 0 Å². The average molecular weight is 509 g/mol. The highest BCUT2D eigenvalue weighted by atomic mass is 19.1. The standard InChI is InChI=1S/C29H41FN6O/c1-12-15-33-36(11)28-17-26(19-32-22(28)6)34-20(4)24(13-2)16-27(30)21(5)31-18-25(14-3)35-23(7)37-29(8,9)10/h2,12,15-17,19,25,31,34-35H,1,4,7,14,18H2,3,5-6,8-11H3/b24-16-,27-21-,33-15-. The van der Waals surface area contributed by atoms with Gasteiger partial charge in [-0.05, 0) is 65.8 Å². The largest absolute Gasteiger partial charge is 0.474 e. The molecule has 0 amide bonds. The van der Waals surface area contributed by atoms with Gasteiger partial charge in [0.1, 0.15) is 11.4 Å². The summed E-state index contributed by atoms with van der Waals surface area (Å²) in [6, 6.07) is 1.86. The highest BCUT2D eigenvalue weighted by Gasteiger charge is 2.15. The first-order valence-electron chi connectivity index (χ1n) is 12.1. The zero-order chi connectivity index (χ0) is 28.2. The van der Waals surface area contributed by atoms with E-state index in [9.17, 15) is 4.39 Å². The number of hydrazone groups is 1. The van der Waals surface area contributed by atoms with Crippen LogP contribution in [0.2, 0.25) is 0 Å². The third kappa shape index (κ3) is 11.1. The molecule has 1 heterocycles. The van der Waals surface area contributed by atoms with Crippen LogP contribution < -0.4 is 21.0 Å². The molecule has 8 heteroatoms. The number of hydrogen-bond donors (Lipinski definition) is 3. The molecule has 0 saturated carbocycles. The van der Waals surface area contributed by atoms with Crippen molar-refractivity contribution in [3.05, 3.63) is 78.5 Å². The molecule has 0 aliphatic carbocycles. The fourth-order valence-corrected chi connectivity index (χ4v) is 3.10. The number of pyridine rings is 1. The van der Waals surface area contributed by atoms with Crippen molar-refractivity contribution in [1.29, 1.82) is 0 Å². The van der Waals surface area contributed by atoms with Gasteiger partial charge >= 0.3 is 0 Å². The lowest BCUT2D eigenvalue weighted by atomic mass is 10.1. The number of halogens is 1. The molecular weight excluding hydrogens is 467 g/mol. The number of anilines is 2. The number of allylic oxidation sites excluding steroid dienone is 5. The first-order chi connectivity index (χ1) is 17.3. The van der Waals surface area contributed by atoms with Crippen LogP contribution >= 0.6 is 0 Å². The zero-order valence-corrected chi connectivity index (χ0v) is 23.2. The van der Waals surface area contributed by atoms with E-state index in [1.807, 2.05) is 40.7 Å². The summed E-state index contributed by atoms with van der Waals surface area (Å²) in [5.74, 6) is 2.49. The van der Waals surface area contributed by atoms with E-state index in [4.69, 9.17) is 11.2 Å². The molecule has 1 aromatic rings. The maximum absolute atomic E-state index is 15.0. The van der Waals surface area contributed by atoms with Crippen molar-refractivity contribution >= 4 is 17.6 Å². The van der Waals surface area contributed by atoms with Crippen LogP contribution in [0, 0.1) is 19.3 Å². The van der Waals surface area contributed by atoms with Gasteiger partial charge in [-0.3, -0.25) is 9.99 Å². The normalized spacial score (nSPS) is 13.2. The Morgan fingerprint density at radius 3 is 2.62 bits per heavy atom. The van der Waals surface area contributed by atoms with Gasteiger partial charge in [0.25, 0.3) is 0 Å². The molecule has 0 aliphatic rings. The highest BCUT2D eigenvalue weighted by Crippen LogP contribution is 2.24. The van der Waals surface area contributed by atoms with Crippen molar-refractivity contribution < 1.29 is 9.13 Å². The third-order valence-electron chi connectivity index (χ3n) is 5.06. The Hall–Kier alpha value is -3.99. The molecule has 0 saturated heterocycles. The molecule has 0 bridgehead atoms. The first-order valence-corrected chi connectivity index (χ1v) is 12.1. The summed E-state index contributed by atoms with van der Waals surface area (Å²) in [5, 5.41) is 15.4. The minimum absolute atomic E-state index is 0.00231. The number of aryl methyl sites for hydroxylation is 1. The van der Waals surface area contributed by atoms with E-state index in [2.05, 4.69) is 51.7 Å². The maximum Gasteiger partial charge on any atom is 0.180 e. The van der Waals surface area contributed by atoms with Crippen LogP contribution in [0.25, 0.3) is 0 Å². The predicted octanol–water partition coefficient (Wildman–Crippen LogP) is 5.93. The highest BCUT2D eigenvalue weighted by molar-refractivity contribution is 5.72. The van der Waals surface area contributed by atoms with Gasteiger partial charge in [-0.2, -0.15) is 5.10 Å². The van der Waals surface area contributed by atoms with Gasteiger partial charge in [0.15, 0.2) is 5.88 Å². The second kappa shape index (κ2) is 14.5. The Kier molecular flexibility index (Phi) is 12.2. The average Bonchev–Trinajstić information content (AvgIpc) is 2.82. The van der Waals surface area contributed by atoms with Crippen molar-refractivity contribution in [2.24, 2.45) is 5.10 Å². The van der Waals surface area contributed by atoms with Crippen LogP contribution in [0.4, 0.5) is 15.8 Å². The van der Waals surface area contributed by atoms with Gasteiger partial charge in [-0.1, -0.05) is 26.0 Å². The van der Waals surface area contributed by atoms with E-state index in [0.717, 1.165) is 17.8 Å². The Morgan fingerprint density at radius 2 is 2.05 bits per heavy atom. The molecular formula is C29H41FN6O. The molecule has 0 aromatic carbocycles. The summed E-state index contributed by atoms with van der Waals surface area (Å²) in [6.45, 7) is 23.4. The molecule has 0 spiro atoms. The van der Waals surface area contributed by atoms with E-state index in [1.54, 1.807) is 37.5 Å². The number of rotatable bonds is 14. The lowest BCUT2D eigenvalue weighted by molar-refractivity contribution is 0.0383. The van der Waals surface area contributed by atoms with Gasteiger partial charge < -0.3 is 20.7 Å². The molecule has 200 valence electrons. The fourth-order valence-electron chi connectivity index (χ4n) is 3.10. The van der Waals surface area contributed by atoms with Crippen molar-refractivity contribution in [3.8, 4) is 12.3 Å². The van der Waals surface area contributed by atoms with E-state index < -0.39 is 5.83 Å². The van der Waals surface area contributed by atoms with E-state index in [0.29, 0.717) is 29.5 Å². The lowest BCUT2D eigenvalue weighted by Gasteiger charge is -2.27. The van der Waals surface area contributed by atoms with Crippen molar-refractivity contribution in [2.75, 3.05) is 23.9 Å². The van der Waals surface area contributed by atoms with Crippen molar-refractivity contribution in [2.45, 2.75) is 59.6 Å². The monoisotopic (exact) mass is 508 g/mol. The predicted molar refractivity (Wildman–Crippen MR) is 155 cm³/mol. The van der Waals surface area contributed by atoms with Gasteiger partial charge in [0, 0.05) is 37.2 Å². The molecule has 1 aromatic heterocycles. The molecule has 3 N–H and O–H groups in total. The second-order valence-electron chi connectivity index (χ2n) is 9.40. The number of ether oxygens (including phenoxy) is 1. The molecule has 1 unspecified atom stereocenters. The number of nitrogens with one attached hydrogen (secondary N) is 3. The van der Waals surface area contributed by atoms with Gasteiger partial charge in [0.05, 0.1) is 28.8 Å².